The highest BCUT2D eigenvalue weighted by atomic mass is 16.5. The van der Waals surface area contributed by atoms with Crippen molar-refractivity contribution in [3.8, 4) is 0 Å². The molecule has 0 aromatic heterocycles. The Morgan fingerprint density at radius 1 is 1.71 bits per heavy atom. The first-order valence-electron chi connectivity index (χ1n) is 5.14. The van der Waals surface area contributed by atoms with E-state index in [1.165, 1.54) is 6.92 Å². The first-order chi connectivity index (χ1) is 6.58. The minimum Gasteiger partial charge on any atom is -0.461 e. The van der Waals surface area contributed by atoms with Crippen LogP contribution in [0.4, 0.5) is 0 Å². The highest BCUT2D eigenvalue weighted by Gasteiger charge is 2.31. The van der Waals surface area contributed by atoms with Crippen LogP contribution in [0.15, 0.2) is 11.6 Å². The van der Waals surface area contributed by atoms with Crippen molar-refractivity contribution in [3.05, 3.63) is 11.6 Å². The number of carbonyl (C=O) groups excluding carboxylic acids is 1. The van der Waals surface area contributed by atoms with Gasteiger partial charge < -0.3 is 9.84 Å². The fraction of sp³-hybridized carbons (Fsp3) is 0.727. The van der Waals surface area contributed by atoms with Crippen molar-refractivity contribution in [1.29, 1.82) is 0 Å². The number of rotatable bonds is 3. The van der Waals surface area contributed by atoms with Gasteiger partial charge in [-0.3, -0.25) is 4.79 Å². The Kier molecular flexibility index (Phi) is 3.69. The van der Waals surface area contributed by atoms with Gasteiger partial charge in [-0.2, -0.15) is 0 Å². The molecule has 0 saturated carbocycles. The van der Waals surface area contributed by atoms with Crippen LogP contribution < -0.4 is 0 Å². The maximum atomic E-state index is 10.7. The third-order valence-electron chi connectivity index (χ3n) is 2.80. The monoisotopic (exact) mass is 198 g/mol. The highest BCUT2D eigenvalue weighted by molar-refractivity contribution is 5.66. The van der Waals surface area contributed by atoms with E-state index in [0.717, 1.165) is 24.8 Å². The molecule has 1 N–H and O–H groups in total. The van der Waals surface area contributed by atoms with Gasteiger partial charge in [0.05, 0.1) is 5.60 Å². The van der Waals surface area contributed by atoms with E-state index in [9.17, 15) is 9.90 Å². The van der Waals surface area contributed by atoms with Crippen LogP contribution in [0.2, 0.25) is 0 Å². The van der Waals surface area contributed by atoms with Gasteiger partial charge >= 0.3 is 5.97 Å². The largest absolute Gasteiger partial charge is 0.461 e. The fourth-order valence-corrected chi connectivity index (χ4v) is 1.80. The van der Waals surface area contributed by atoms with Crippen LogP contribution in [0, 0.1) is 0 Å². The lowest BCUT2D eigenvalue weighted by molar-refractivity contribution is -0.140. The Morgan fingerprint density at radius 2 is 2.43 bits per heavy atom. The van der Waals surface area contributed by atoms with Crippen molar-refractivity contribution in [2.24, 2.45) is 0 Å². The topological polar surface area (TPSA) is 46.5 Å². The number of ether oxygens (including phenoxy) is 1. The SMILES string of the molecule is CCC1(O)CCCC=C1COC(C)=O. The molecule has 0 spiro atoms. The molecule has 0 amide bonds. The number of allylic oxidation sites excluding steroid dienone is 1. The lowest BCUT2D eigenvalue weighted by Gasteiger charge is -2.32. The lowest BCUT2D eigenvalue weighted by Crippen LogP contribution is -2.34. The molecule has 0 aromatic rings. The summed E-state index contributed by atoms with van der Waals surface area (Å²) in [7, 11) is 0. The Labute approximate surface area is 84.8 Å². The number of aliphatic hydroxyl groups is 1. The minimum absolute atomic E-state index is 0.236. The summed E-state index contributed by atoms with van der Waals surface area (Å²) in [6.07, 6.45) is 5.43. The first kappa shape index (κ1) is 11.2. The zero-order valence-corrected chi connectivity index (χ0v) is 8.88. The standard InChI is InChI=1S/C11H18O3/c1-3-11(13)7-5-4-6-10(11)8-14-9(2)12/h6,13H,3-5,7-8H2,1-2H3. The van der Waals surface area contributed by atoms with E-state index in [0.29, 0.717) is 6.42 Å². The van der Waals surface area contributed by atoms with E-state index < -0.39 is 5.60 Å². The Morgan fingerprint density at radius 3 is 3.00 bits per heavy atom. The van der Waals surface area contributed by atoms with E-state index in [2.05, 4.69) is 0 Å². The van der Waals surface area contributed by atoms with Gasteiger partial charge in [-0.1, -0.05) is 13.0 Å². The molecule has 14 heavy (non-hydrogen) atoms. The zero-order chi connectivity index (χ0) is 10.6. The van der Waals surface area contributed by atoms with Gasteiger partial charge in [-0.05, 0) is 31.3 Å². The number of esters is 1. The summed E-state index contributed by atoms with van der Waals surface area (Å²) >= 11 is 0. The molecule has 80 valence electrons. The van der Waals surface area contributed by atoms with Crippen molar-refractivity contribution in [2.75, 3.05) is 6.61 Å². The maximum Gasteiger partial charge on any atom is 0.302 e. The molecule has 0 aromatic carbocycles. The summed E-state index contributed by atoms with van der Waals surface area (Å²) in [4.78, 5) is 10.7. The van der Waals surface area contributed by atoms with Crippen molar-refractivity contribution < 1.29 is 14.6 Å². The second kappa shape index (κ2) is 4.60. The predicted octanol–water partition coefficient (Wildman–Crippen LogP) is 1.80. The summed E-state index contributed by atoms with van der Waals surface area (Å²) in [6, 6.07) is 0. The van der Waals surface area contributed by atoms with E-state index in [1.807, 2.05) is 13.0 Å². The molecule has 0 heterocycles. The second-order valence-electron chi connectivity index (χ2n) is 3.79. The second-order valence-corrected chi connectivity index (χ2v) is 3.79. The Bertz CT molecular complexity index is 245. The quantitative estimate of drug-likeness (QED) is 0.555. The van der Waals surface area contributed by atoms with Crippen LogP contribution in [0.3, 0.4) is 0 Å². The molecule has 1 aliphatic carbocycles. The molecule has 0 aliphatic heterocycles. The molecule has 1 atom stereocenters. The highest BCUT2D eigenvalue weighted by Crippen LogP contribution is 2.31. The lowest BCUT2D eigenvalue weighted by atomic mass is 9.81. The van der Waals surface area contributed by atoms with Crippen LogP contribution in [0.25, 0.3) is 0 Å². The first-order valence-corrected chi connectivity index (χ1v) is 5.14. The Hall–Kier alpha value is -0.830. The summed E-state index contributed by atoms with van der Waals surface area (Å²) < 4.78 is 4.91. The normalized spacial score (nSPS) is 26.9. The third kappa shape index (κ3) is 2.58. The number of hydrogen-bond donors (Lipinski definition) is 1. The van der Waals surface area contributed by atoms with E-state index >= 15 is 0 Å². The van der Waals surface area contributed by atoms with Gasteiger partial charge in [0, 0.05) is 6.92 Å². The van der Waals surface area contributed by atoms with Crippen LogP contribution in [-0.4, -0.2) is 23.3 Å². The molecule has 0 radical (unpaired) electrons. The Balaban J connectivity index is 2.63. The van der Waals surface area contributed by atoms with Crippen LogP contribution >= 0.6 is 0 Å². The van der Waals surface area contributed by atoms with E-state index in [1.54, 1.807) is 0 Å². The van der Waals surface area contributed by atoms with E-state index in [-0.39, 0.29) is 12.6 Å². The summed E-state index contributed by atoms with van der Waals surface area (Å²) in [5.74, 6) is -0.296. The number of carbonyl (C=O) groups is 1. The molecule has 3 nitrogen and oxygen atoms in total. The molecule has 1 aliphatic rings. The minimum atomic E-state index is -0.742. The van der Waals surface area contributed by atoms with E-state index in [4.69, 9.17) is 4.74 Å². The summed E-state index contributed by atoms with van der Waals surface area (Å²) in [5.41, 5.74) is 0.120. The summed E-state index contributed by atoms with van der Waals surface area (Å²) in [5, 5.41) is 10.2. The van der Waals surface area contributed by atoms with Crippen LogP contribution in [0.5, 0.6) is 0 Å². The molecular weight excluding hydrogens is 180 g/mol. The molecule has 1 rings (SSSR count). The fourth-order valence-electron chi connectivity index (χ4n) is 1.80. The third-order valence-corrected chi connectivity index (χ3v) is 2.80. The smallest absolute Gasteiger partial charge is 0.302 e. The van der Waals surface area contributed by atoms with Crippen molar-refractivity contribution in [2.45, 2.75) is 45.1 Å². The zero-order valence-electron chi connectivity index (χ0n) is 8.88. The summed E-state index contributed by atoms with van der Waals surface area (Å²) in [6.45, 7) is 3.57. The number of hydrogen-bond acceptors (Lipinski definition) is 3. The average Bonchev–Trinajstić information content (AvgIpc) is 2.16. The molecule has 1 unspecified atom stereocenters. The molecular formula is C11H18O3. The van der Waals surface area contributed by atoms with Crippen molar-refractivity contribution in [1.82, 2.24) is 0 Å². The molecule has 0 saturated heterocycles. The molecule has 3 heteroatoms. The van der Waals surface area contributed by atoms with Gasteiger partial charge in [0.2, 0.25) is 0 Å². The van der Waals surface area contributed by atoms with Gasteiger partial charge in [-0.25, -0.2) is 0 Å². The average molecular weight is 198 g/mol. The molecule has 0 fully saturated rings. The maximum absolute atomic E-state index is 10.7. The van der Waals surface area contributed by atoms with Gasteiger partial charge in [0.1, 0.15) is 6.61 Å². The predicted molar refractivity (Wildman–Crippen MR) is 53.8 cm³/mol. The van der Waals surface area contributed by atoms with Crippen LogP contribution in [0.1, 0.15) is 39.5 Å². The molecule has 0 bridgehead atoms. The van der Waals surface area contributed by atoms with Crippen LogP contribution in [-0.2, 0) is 9.53 Å². The van der Waals surface area contributed by atoms with Crippen molar-refractivity contribution in [3.63, 3.8) is 0 Å². The van der Waals surface area contributed by atoms with Gasteiger partial charge in [0.15, 0.2) is 0 Å². The van der Waals surface area contributed by atoms with Gasteiger partial charge in [-0.15, -0.1) is 0 Å². The van der Waals surface area contributed by atoms with Gasteiger partial charge in [0.25, 0.3) is 0 Å². The van der Waals surface area contributed by atoms with Crippen molar-refractivity contribution >= 4 is 5.97 Å².